The van der Waals surface area contributed by atoms with Crippen LogP contribution in [0.25, 0.3) is 11.1 Å². The zero-order chi connectivity index (χ0) is 14.5. The maximum atomic E-state index is 11.9. The summed E-state index contributed by atoms with van der Waals surface area (Å²) < 4.78 is 4.88. The van der Waals surface area contributed by atoms with E-state index in [0.717, 1.165) is 0 Å². The summed E-state index contributed by atoms with van der Waals surface area (Å²) in [5.74, 6) is -0.939. The van der Waals surface area contributed by atoms with Crippen molar-refractivity contribution >= 4 is 22.8 Å². The van der Waals surface area contributed by atoms with Crippen LogP contribution in [0.15, 0.2) is 40.1 Å². The smallest absolute Gasteiger partial charge is 0.408 e. The van der Waals surface area contributed by atoms with Gasteiger partial charge in [0.05, 0.1) is 5.52 Å². The predicted molar refractivity (Wildman–Crippen MR) is 73.6 cm³/mol. The van der Waals surface area contributed by atoms with Crippen LogP contribution in [0.1, 0.15) is 23.2 Å². The molecule has 0 aliphatic rings. The molecule has 1 aromatic heterocycles. The van der Waals surface area contributed by atoms with Gasteiger partial charge in [0.25, 0.3) is 0 Å². The third-order valence-corrected chi connectivity index (χ3v) is 2.77. The number of hydrogen-bond donors (Lipinski definition) is 2. The van der Waals surface area contributed by atoms with Gasteiger partial charge < -0.3 is 9.73 Å². The Morgan fingerprint density at radius 1 is 1.35 bits per heavy atom. The maximum Gasteiger partial charge on any atom is 0.417 e. The number of carbonyl (C=O) groups excluding carboxylic acids is 2. The molecular formula is C14H14N2O4. The van der Waals surface area contributed by atoms with Gasteiger partial charge in [-0.05, 0) is 18.2 Å². The molecule has 20 heavy (non-hydrogen) atoms. The molecule has 6 heteroatoms. The number of aromatic nitrogens is 1. The first-order chi connectivity index (χ1) is 9.60. The molecule has 0 saturated carbocycles. The first-order valence-electron chi connectivity index (χ1n) is 6.14. The number of Topliss-reactive ketones (excluding diaryl/α,β-unsaturated/α-hetero) is 1. The molecule has 0 atom stereocenters. The lowest BCUT2D eigenvalue weighted by Gasteiger charge is -2.02. The highest BCUT2D eigenvalue weighted by molar-refractivity contribution is 6.00. The number of hydrogen-bond acceptors (Lipinski definition) is 4. The van der Waals surface area contributed by atoms with Gasteiger partial charge in [0, 0.05) is 24.9 Å². The van der Waals surface area contributed by atoms with Crippen LogP contribution in [0.2, 0.25) is 0 Å². The van der Waals surface area contributed by atoms with E-state index in [1.165, 1.54) is 6.07 Å². The summed E-state index contributed by atoms with van der Waals surface area (Å²) in [7, 11) is 0. The Hall–Kier alpha value is -2.63. The van der Waals surface area contributed by atoms with Crippen molar-refractivity contribution in [3.8, 4) is 0 Å². The molecule has 1 heterocycles. The first-order valence-corrected chi connectivity index (χ1v) is 6.14. The summed E-state index contributed by atoms with van der Waals surface area (Å²) in [5.41, 5.74) is 1.28. The number of aromatic amines is 1. The fourth-order valence-electron chi connectivity index (χ4n) is 1.76. The molecule has 0 spiro atoms. The van der Waals surface area contributed by atoms with E-state index >= 15 is 0 Å². The van der Waals surface area contributed by atoms with Crippen LogP contribution in [0.3, 0.4) is 0 Å². The number of amides is 1. The van der Waals surface area contributed by atoms with Crippen molar-refractivity contribution in [3.63, 3.8) is 0 Å². The maximum absolute atomic E-state index is 11.9. The lowest BCUT2D eigenvalue weighted by atomic mass is 10.1. The normalized spacial score (nSPS) is 10.4. The number of fused-ring (bicyclic) bond motifs is 1. The summed E-state index contributed by atoms with van der Waals surface area (Å²) in [4.78, 5) is 36.8. The van der Waals surface area contributed by atoms with E-state index in [1.807, 2.05) is 0 Å². The van der Waals surface area contributed by atoms with Crippen molar-refractivity contribution < 1.29 is 14.0 Å². The topological polar surface area (TPSA) is 92.2 Å². The van der Waals surface area contributed by atoms with Gasteiger partial charge in [0.2, 0.25) is 5.91 Å². The number of ketones is 1. The van der Waals surface area contributed by atoms with Gasteiger partial charge in [-0.2, -0.15) is 0 Å². The fraction of sp³-hybridized carbons (Fsp3) is 0.214. The number of carbonyl (C=O) groups is 2. The average molecular weight is 274 g/mol. The molecule has 0 fully saturated rings. The summed E-state index contributed by atoms with van der Waals surface area (Å²) in [5, 5.41) is 2.60. The van der Waals surface area contributed by atoms with Crippen LogP contribution >= 0.6 is 0 Å². The second-order valence-electron chi connectivity index (χ2n) is 4.24. The molecular weight excluding hydrogens is 260 g/mol. The molecule has 2 rings (SSSR count). The van der Waals surface area contributed by atoms with Crippen molar-refractivity contribution in [2.45, 2.75) is 12.8 Å². The van der Waals surface area contributed by atoms with E-state index in [1.54, 1.807) is 18.2 Å². The minimum absolute atomic E-state index is 0.100. The Labute approximate surface area is 114 Å². The Morgan fingerprint density at radius 2 is 2.15 bits per heavy atom. The quantitative estimate of drug-likeness (QED) is 0.615. The van der Waals surface area contributed by atoms with Gasteiger partial charge in [0.15, 0.2) is 11.4 Å². The Balaban J connectivity index is 2.02. The van der Waals surface area contributed by atoms with E-state index in [9.17, 15) is 14.4 Å². The molecule has 0 aliphatic carbocycles. The molecule has 0 unspecified atom stereocenters. The lowest BCUT2D eigenvalue weighted by molar-refractivity contribution is -0.120. The fourth-order valence-corrected chi connectivity index (χ4v) is 1.76. The van der Waals surface area contributed by atoms with E-state index in [0.29, 0.717) is 23.2 Å². The predicted octanol–water partition coefficient (Wildman–Crippen LogP) is 1.39. The zero-order valence-electron chi connectivity index (χ0n) is 10.8. The number of rotatable bonds is 6. The third kappa shape index (κ3) is 3.23. The molecule has 6 nitrogen and oxygen atoms in total. The van der Waals surface area contributed by atoms with Crippen molar-refractivity contribution in [2.24, 2.45) is 0 Å². The summed E-state index contributed by atoms with van der Waals surface area (Å²) >= 11 is 0. The molecule has 0 aliphatic heterocycles. The van der Waals surface area contributed by atoms with Gasteiger partial charge in [-0.15, -0.1) is 6.58 Å². The molecule has 0 radical (unpaired) electrons. The minimum Gasteiger partial charge on any atom is -0.408 e. The highest BCUT2D eigenvalue weighted by atomic mass is 16.4. The number of oxazole rings is 1. The summed E-state index contributed by atoms with van der Waals surface area (Å²) in [6.07, 6.45) is 1.78. The average Bonchev–Trinajstić information content (AvgIpc) is 2.81. The van der Waals surface area contributed by atoms with Gasteiger partial charge in [-0.25, -0.2) is 4.79 Å². The first kappa shape index (κ1) is 13.8. The molecule has 2 N–H and O–H groups in total. The Morgan fingerprint density at radius 3 is 2.90 bits per heavy atom. The van der Waals surface area contributed by atoms with Gasteiger partial charge in [-0.3, -0.25) is 14.6 Å². The van der Waals surface area contributed by atoms with Crippen molar-refractivity contribution in [1.82, 2.24) is 10.3 Å². The van der Waals surface area contributed by atoms with Crippen LogP contribution in [0.4, 0.5) is 0 Å². The van der Waals surface area contributed by atoms with Crippen LogP contribution in [0, 0.1) is 0 Å². The number of benzene rings is 1. The van der Waals surface area contributed by atoms with E-state index in [2.05, 4.69) is 16.9 Å². The molecule has 2 aromatic rings. The van der Waals surface area contributed by atoms with Crippen molar-refractivity contribution in [3.05, 3.63) is 47.0 Å². The summed E-state index contributed by atoms with van der Waals surface area (Å²) in [6.45, 7) is 3.87. The lowest BCUT2D eigenvalue weighted by Crippen LogP contribution is -2.23. The van der Waals surface area contributed by atoms with E-state index in [-0.39, 0.29) is 24.5 Å². The van der Waals surface area contributed by atoms with Gasteiger partial charge >= 0.3 is 5.76 Å². The van der Waals surface area contributed by atoms with Crippen molar-refractivity contribution in [2.75, 3.05) is 6.54 Å². The zero-order valence-corrected chi connectivity index (χ0v) is 10.8. The molecule has 1 amide bonds. The van der Waals surface area contributed by atoms with E-state index in [4.69, 9.17) is 4.42 Å². The SMILES string of the molecule is C=CCNC(=O)CCC(=O)c1ccc2[nH]c(=O)oc2c1. The minimum atomic E-state index is -0.562. The molecule has 0 bridgehead atoms. The van der Waals surface area contributed by atoms with Gasteiger partial charge in [-0.1, -0.05) is 6.08 Å². The summed E-state index contributed by atoms with van der Waals surface area (Å²) in [6, 6.07) is 4.69. The van der Waals surface area contributed by atoms with Crippen LogP contribution < -0.4 is 11.1 Å². The third-order valence-electron chi connectivity index (χ3n) is 2.77. The highest BCUT2D eigenvalue weighted by Crippen LogP contribution is 2.14. The molecule has 0 saturated heterocycles. The highest BCUT2D eigenvalue weighted by Gasteiger charge is 2.11. The van der Waals surface area contributed by atoms with Crippen LogP contribution in [0.5, 0.6) is 0 Å². The van der Waals surface area contributed by atoms with Crippen molar-refractivity contribution in [1.29, 1.82) is 0 Å². The van der Waals surface area contributed by atoms with Gasteiger partial charge in [0.1, 0.15) is 0 Å². The van der Waals surface area contributed by atoms with Crippen LogP contribution in [-0.4, -0.2) is 23.2 Å². The van der Waals surface area contributed by atoms with E-state index < -0.39 is 5.76 Å². The Kier molecular flexibility index (Phi) is 4.14. The Bertz CT molecular complexity index is 711. The second kappa shape index (κ2) is 6.01. The standard InChI is InChI=1S/C14H14N2O4/c1-2-7-15-13(18)6-5-11(17)9-3-4-10-12(8-9)20-14(19)16-10/h2-4,8H,1,5-7H2,(H,15,18)(H,16,19). The monoisotopic (exact) mass is 274 g/mol. The molecule has 104 valence electrons. The number of nitrogens with one attached hydrogen (secondary N) is 2. The second-order valence-corrected chi connectivity index (χ2v) is 4.24. The largest absolute Gasteiger partial charge is 0.417 e. The number of H-pyrrole nitrogens is 1. The van der Waals surface area contributed by atoms with Crippen LogP contribution in [-0.2, 0) is 4.79 Å². The molecule has 1 aromatic carbocycles.